The number of unbranched alkanes of at least 4 members (excludes halogenated alkanes) is 1. The van der Waals surface area contributed by atoms with Crippen molar-refractivity contribution in [2.45, 2.75) is 32.3 Å². The standard InChI is InChI=1S/C22H30N6O3/c1-4-23-21(25-15-22(2,31)16-13-26-27(3)14-16)24-11-7-8-12-28-19(29)17-9-5-6-10-18(17)20(28)30/h5-6,9-10,13-14,31H,4,7-8,11-12,15H2,1-3H3,(H2,23,24,25). The molecule has 2 heterocycles. The van der Waals surface area contributed by atoms with Crippen molar-refractivity contribution in [1.82, 2.24) is 25.3 Å². The summed E-state index contributed by atoms with van der Waals surface area (Å²) in [6.07, 6.45) is 4.85. The van der Waals surface area contributed by atoms with Crippen molar-refractivity contribution in [3.8, 4) is 0 Å². The highest BCUT2D eigenvalue weighted by Gasteiger charge is 2.34. The second kappa shape index (κ2) is 9.74. The van der Waals surface area contributed by atoms with Crippen molar-refractivity contribution < 1.29 is 14.7 Å². The zero-order chi connectivity index (χ0) is 22.4. The number of hydrogen-bond donors (Lipinski definition) is 3. The van der Waals surface area contributed by atoms with E-state index < -0.39 is 5.60 Å². The summed E-state index contributed by atoms with van der Waals surface area (Å²) >= 11 is 0. The van der Waals surface area contributed by atoms with E-state index in [1.807, 2.05) is 6.92 Å². The molecule has 1 aliphatic heterocycles. The Morgan fingerprint density at radius 1 is 1.16 bits per heavy atom. The molecule has 9 heteroatoms. The second-order valence-electron chi connectivity index (χ2n) is 7.81. The van der Waals surface area contributed by atoms with Crippen LogP contribution in [0.3, 0.4) is 0 Å². The molecule has 0 aliphatic carbocycles. The monoisotopic (exact) mass is 426 g/mol. The quantitative estimate of drug-likeness (QED) is 0.241. The van der Waals surface area contributed by atoms with E-state index in [4.69, 9.17) is 0 Å². The van der Waals surface area contributed by atoms with Gasteiger partial charge in [0.05, 0.1) is 23.9 Å². The van der Waals surface area contributed by atoms with Crippen molar-refractivity contribution in [2.24, 2.45) is 12.0 Å². The van der Waals surface area contributed by atoms with Crippen LogP contribution < -0.4 is 10.6 Å². The first kappa shape index (κ1) is 22.5. The van der Waals surface area contributed by atoms with Crippen LogP contribution in [0.1, 0.15) is 53.0 Å². The first-order valence-electron chi connectivity index (χ1n) is 10.5. The van der Waals surface area contributed by atoms with Crippen LogP contribution in [-0.2, 0) is 12.6 Å². The summed E-state index contributed by atoms with van der Waals surface area (Å²) in [6.45, 7) is 5.57. The van der Waals surface area contributed by atoms with Gasteiger partial charge in [-0.05, 0) is 38.8 Å². The Kier molecular flexibility index (Phi) is 7.06. The SMILES string of the molecule is CCNC(=NCC(C)(O)c1cnn(C)c1)NCCCCN1C(=O)c2ccccc2C1=O. The molecule has 1 unspecified atom stereocenters. The normalized spacial score (nSPS) is 15.7. The number of aromatic nitrogens is 2. The highest BCUT2D eigenvalue weighted by molar-refractivity contribution is 6.21. The number of fused-ring (bicyclic) bond motifs is 1. The summed E-state index contributed by atoms with van der Waals surface area (Å²) in [5.74, 6) is 0.162. The minimum atomic E-state index is -1.12. The maximum Gasteiger partial charge on any atom is 0.261 e. The number of carbonyl (C=O) groups excluding carboxylic acids is 2. The van der Waals surface area contributed by atoms with Crippen molar-refractivity contribution >= 4 is 17.8 Å². The van der Waals surface area contributed by atoms with Gasteiger partial charge in [-0.25, -0.2) is 4.99 Å². The third-order valence-corrected chi connectivity index (χ3v) is 5.20. The molecule has 1 aliphatic rings. The number of amides is 2. The predicted octanol–water partition coefficient (Wildman–Crippen LogP) is 1.26. The van der Waals surface area contributed by atoms with Gasteiger partial charge in [-0.2, -0.15) is 5.10 Å². The summed E-state index contributed by atoms with van der Waals surface area (Å²) in [5.41, 5.74) is 0.540. The molecule has 0 saturated heterocycles. The van der Waals surface area contributed by atoms with Gasteiger partial charge in [0.2, 0.25) is 0 Å². The highest BCUT2D eigenvalue weighted by atomic mass is 16.3. The molecule has 1 aromatic heterocycles. The van der Waals surface area contributed by atoms with Crippen molar-refractivity contribution in [1.29, 1.82) is 0 Å². The van der Waals surface area contributed by atoms with Gasteiger partial charge in [0, 0.05) is 38.4 Å². The van der Waals surface area contributed by atoms with Crippen LogP contribution in [-0.4, -0.2) is 63.7 Å². The maximum atomic E-state index is 12.4. The van der Waals surface area contributed by atoms with Crippen LogP contribution in [0.2, 0.25) is 0 Å². The van der Waals surface area contributed by atoms with Crippen LogP contribution in [0.15, 0.2) is 41.7 Å². The summed E-state index contributed by atoms with van der Waals surface area (Å²) in [6, 6.07) is 6.92. The lowest BCUT2D eigenvalue weighted by Gasteiger charge is -2.20. The van der Waals surface area contributed by atoms with E-state index in [1.54, 1.807) is 55.3 Å². The lowest BCUT2D eigenvalue weighted by atomic mass is 10.0. The molecule has 2 amide bonds. The molecular weight excluding hydrogens is 396 g/mol. The zero-order valence-corrected chi connectivity index (χ0v) is 18.3. The third kappa shape index (κ3) is 5.29. The number of imide groups is 1. The Bertz CT molecular complexity index is 931. The smallest absolute Gasteiger partial charge is 0.261 e. The number of hydrogen-bond acceptors (Lipinski definition) is 5. The van der Waals surface area contributed by atoms with Crippen molar-refractivity contribution in [3.63, 3.8) is 0 Å². The molecule has 0 bridgehead atoms. The fourth-order valence-electron chi connectivity index (χ4n) is 3.41. The lowest BCUT2D eigenvalue weighted by molar-refractivity contribution is 0.0649. The number of aliphatic hydroxyl groups is 1. The number of nitrogens with zero attached hydrogens (tertiary/aromatic N) is 4. The molecule has 0 spiro atoms. The van der Waals surface area contributed by atoms with Crippen LogP contribution >= 0.6 is 0 Å². The summed E-state index contributed by atoms with van der Waals surface area (Å²) < 4.78 is 1.64. The Morgan fingerprint density at radius 2 is 1.84 bits per heavy atom. The van der Waals surface area contributed by atoms with Gasteiger partial charge in [0.25, 0.3) is 11.8 Å². The molecule has 31 heavy (non-hydrogen) atoms. The van der Waals surface area contributed by atoms with E-state index in [9.17, 15) is 14.7 Å². The number of guanidine groups is 1. The molecule has 2 aromatic rings. The number of aliphatic imine (C=N–C) groups is 1. The number of aryl methyl sites for hydroxylation is 1. The van der Waals surface area contributed by atoms with E-state index in [1.165, 1.54) is 4.90 Å². The third-order valence-electron chi connectivity index (χ3n) is 5.20. The van der Waals surface area contributed by atoms with Crippen LogP contribution in [0.25, 0.3) is 0 Å². The van der Waals surface area contributed by atoms with Crippen molar-refractivity contribution in [2.75, 3.05) is 26.2 Å². The van der Waals surface area contributed by atoms with Gasteiger partial charge < -0.3 is 15.7 Å². The Balaban J connectivity index is 1.46. The molecule has 3 N–H and O–H groups in total. The van der Waals surface area contributed by atoms with E-state index in [-0.39, 0.29) is 18.4 Å². The first-order valence-corrected chi connectivity index (χ1v) is 10.5. The molecule has 1 aromatic carbocycles. The fraction of sp³-hybridized carbons (Fsp3) is 0.455. The minimum absolute atomic E-state index is 0.184. The average molecular weight is 427 g/mol. The largest absolute Gasteiger partial charge is 0.383 e. The van der Waals surface area contributed by atoms with E-state index in [0.717, 1.165) is 6.42 Å². The highest BCUT2D eigenvalue weighted by Crippen LogP contribution is 2.22. The maximum absolute atomic E-state index is 12.4. The van der Waals surface area contributed by atoms with Crippen LogP contribution in [0.4, 0.5) is 0 Å². The Morgan fingerprint density at radius 3 is 2.42 bits per heavy atom. The van der Waals surface area contributed by atoms with E-state index >= 15 is 0 Å². The number of nitrogens with one attached hydrogen (secondary N) is 2. The number of carbonyl (C=O) groups is 2. The first-order chi connectivity index (χ1) is 14.8. The topological polar surface area (TPSA) is 112 Å². The molecule has 9 nitrogen and oxygen atoms in total. The van der Waals surface area contributed by atoms with Crippen molar-refractivity contribution in [3.05, 3.63) is 53.3 Å². The van der Waals surface area contributed by atoms with Gasteiger partial charge >= 0.3 is 0 Å². The summed E-state index contributed by atoms with van der Waals surface area (Å²) in [4.78, 5) is 30.6. The zero-order valence-electron chi connectivity index (χ0n) is 18.3. The second-order valence-corrected chi connectivity index (χ2v) is 7.81. The van der Waals surface area contributed by atoms with Crippen LogP contribution in [0.5, 0.6) is 0 Å². The minimum Gasteiger partial charge on any atom is -0.383 e. The summed E-state index contributed by atoms with van der Waals surface area (Å²) in [5, 5.41) is 21.2. The molecular formula is C22H30N6O3. The number of rotatable bonds is 9. The Labute approximate surface area is 182 Å². The molecule has 0 fully saturated rings. The van der Waals surface area contributed by atoms with Gasteiger partial charge in [0.15, 0.2) is 5.96 Å². The fourth-order valence-corrected chi connectivity index (χ4v) is 3.41. The van der Waals surface area contributed by atoms with Gasteiger partial charge in [-0.3, -0.25) is 19.2 Å². The average Bonchev–Trinajstić information content (AvgIpc) is 3.29. The van der Waals surface area contributed by atoms with Gasteiger partial charge in [-0.15, -0.1) is 0 Å². The molecule has 0 saturated carbocycles. The lowest BCUT2D eigenvalue weighted by Crippen LogP contribution is -2.39. The Hall–Kier alpha value is -3.20. The van der Waals surface area contributed by atoms with Gasteiger partial charge in [-0.1, -0.05) is 12.1 Å². The predicted molar refractivity (Wildman–Crippen MR) is 118 cm³/mol. The van der Waals surface area contributed by atoms with Crippen LogP contribution in [0, 0.1) is 0 Å². The van der Waals surface area contributed by atoms with E-state index in [2.05, 4.69) is 20.7 Å². The number of benzene rings is 1. The molecule has 166 valence electrons. The molecule has 1 atom stereocenters. The van der Waals surface area contributed by atoms with E-state index in [0.29, 0.717) is 48.7 Å². The molecule has 0 radical (unpaired) electrons. The van der Waals surface area contributed by atoms with Gasteiger partial charge in [0.1, 0.15) is 5.60 Å². The summed E-state index contributed by atoms with van der Waals surface area (Å²) in [7, 11) is 1.80. The molecule has 3 rings (SSSR count).